The molecule has 3 rings (SSSR count). The molecule has 0 bridgehead atoms. The highest BCUT2D eigenvalue weighted by Gasteiger charge is 2.31. The molecule has 0 amide bonds. The maximum absolute atomic E-state index is 9.27. The van der Waals surface area contributed by atoms with Gasteiger partial charge in [-0.25, -0.2) is 4.98 Å². The molecule has 0 aliphatic heterocycles. The molecule has 0 radical (unpaired) electrons. The van der Waals surface area contributed by atoms with Crippen molar-refractivity contribution in [2.24, 2.45) is 5.92 Å². The van der Waals surface area contributed by atoms with Gasteiger partial charge in [0.15, 0.2) is 0 Å². The Balaban J connectivity index is 2.00. The summed E-state index contributed by atoms with van der Waals surface area (Å²) in [5, 5.41) is 14.0. The molecule has 1 saturated carbocycles. The molecule has 0 saturated heterocycles. The van der Waals surface area contributed by atoms with E-state index in [0.717, 1.165) is 34.5 Å². The van der Waals surface area contributed by atoms with Crippen molar-refractivity contribution < 1.29 is 9.84 Å². The zero-order valence-electron chi connectivity index (χ0n) is 12.6. The summed E-state index contributed by atoms with van der Waals surface area (Å²) in [5.74, 6) is 1.48. The van der Waals surface area contributed by atoms with Gasteiger partial charge in [-0.1, -0.05) is 12.1 Å². The molecule has 2 N–H and O–H groups in total. The third-order valence-corrected chi connectivity index (χ3v) is 4.12. The van der Waals surface area contributed by atoms with Gasteiger partial charge in [-0.15, -0.1) is 0 Å². The van der Waals surface area contributed by atoms with Crippen molar-refractivity contribution in [1.29, 1.82) is 0 Å². The lowest BCUT2D eigenvalue weighted by Gasteiger charge is -2.20. The van der Waals surface area contributed by atoms with Crippen LogP contribution in [0.3, 0.4) is 0 Å². The first-order valence-electron chi connectivity index (χ1n) is 7.54. The van der Waals surface area contributed by atoms with E-state index in [-0.39, 0.29) is 6.61 Å². The van der Waals surface area contributed by atoms with E-state index in [9.17, 15) is 5.11 Å². The van der Waals surface area contributed by atoms with Crippen molar-refractivity contribution in [3.63, 3.8) is 0 Å². The van der Waals surface area contributed by atoms with Crippen LogP contribution in [0.1, 0.15) is 25.0 Å². The molecule has 0 spiro atoms. The minimum Gasteiger partial charge on any atom is -0.494 e. The Labute approximate surface area is 125 Å². The number of nitrogens with one attached hydrogen (secondary N) is 1. The number of aliphatic hydroxyl groups excluding tert-OH is 1. The van der Waals surface area contributed by atoms with Gasteiger partial charge in [-0.2, -0.15) is 0 Å². The SMILES string of the molecule is COc1cccc2c(NC(CCO)C3CC3)cc(C)nc12. The first-order chi connectivity index (χ1) is 10.2. The molecular weight excluding hydrogens is 264 g/mol. The van der Waals surface area contributed by atoms with Crippen molar-refractivity contribution in [1.82, 2.24) is 4.98 Å². The molecule has 1 fully saturated rings. The van der Waals surface area contributed by atoms with Crippen LogP contribution in [0.25, 0.3) is 10.9 Å². The van der Waals surface area contributed by atoms with Gasteiger partial charge in [-0.3, -0.25) is 0 Å². The number of hydrogen-bond donors (Lipinski definition) is 2. The number of ether oxygens (including phenoxy) is 1. The standard InChI is InChI=1S/C17H22N2O2/c1-11-10-15(19-14(8-9-20)12-6-7-12)13-4-3-5-16(21-2)17(13)18-11/h3-5,10,12,14,20H,6-9H2,1-2H3,(H,18,19). The van der Waals surface area contributed by atoms with Crippen LogP contribution in [-0.2, 0) is 0 Å². The minimum atomic E-state index is 0.222. The number of aliphatic hydroxyl groups is 1. The van der Waals surface area contributed by atoms with Crippen LogP contribution in [0, 0.1) is 12.8 Å². The number of aromatic nitrogens is 1. The molecule has 21 heavy (non-hydrogen) atoms. The van der Waals surface area contributed by atoms with Crippen LogP contribution in [0.2, 0.25) is 0 Å². The molecule has 1 aliphatic carbocycles. The monoisotopic (exact) mass is 286 g/mol. The van der Waals surface area contributed by atoms with E-state index in [2.05, 4.69) is 22.4 Å². The Morgan fingerprint density at radius 2 is 2.24 bits per heavy atom. The van der Waals surface area contributed by atoms with Gasteiger partial charge in [0.25, 0.3) is 0 Å². The fourth-order valence-electron chi connectivity index (χ4n) is 2.90. The number of anilines is 1. The van der Waals surface area contributed by atoms with Crippen molar-refractivity contribution in [2.45, 2.75) is 32.2 Å². The van der Waals surface area contributed by atoms with Gasteiger partial charge in [0, 0.05) is 29.4 Å². The van der Waals surface area contributed by atoms with Crippen LogP contribution in [0.4, 0.5) is 5.69 Å². The van der Waals surface area contributed by atoms with Crippen LogP contribution >= 0.6 is 0 Å². The van der Waals surface area contributed by atoms with E-state index in [1.807, 2.05) is 19.1 Å². The largest absolute Gasteiger partial charge is 0.494 e. The highest BCUT2D eigenvalue weighted by Crippen LogP contribution is 2.37. The van der Waals surface area contributed by atoms with E-state index >= 15 is 0 Å². The second-order valence-electron chi connectivity index (χ2n) is 5.77. The number of hydrogen-bond acceptors (Lipinski definition) is 4. The number of pyridine rings is 1. The average molecular weight is 286 g/mol. The summed E-state index contributed by atoms with van der Waals surface area (Å²) >= 11 is 0. The van der Waals surface area contributed by atoms with Crippen molar-refractivity contribution in [3.8, 4) is 5.75 Å². The van der Waals surface area contributed by atoms with Gasteiger partial charge in [0.2, 0.25) is 0 Å². The maximum atomic E-state index is 9.27. The molecule has 1 heterocycles. The second kappa shape index (κ2) is 5.90. The fourth-order valence-corrected chi connectivity index (χ4v) is 2.90. The first kappa shape index (κ1) is 14.1. The molecule has 1 unspecified atom stereocenters. The Morgan fingerprint density at radius 1 is 1.43 bits per heavy atom. The third kappa shape index (κ3) is 2.95. The number of aryl methyl sites for hydroxylation is 1. The van der Waals surface area contributed by atoms with Crippen molar-refractivity contribution in [2.75, 3.05) is 19.0 Å². The van der Waals surface area contributed by atoms with Crippen LogP contribution in [0.15, 0.2) is 24.3 Å². The summed E-state index contributed by atoms with van der Waals surface area (Å²) in [5.41, 5.74) is 2.94. The lowest BCUT2D eigenvalue weighted by atomic mass is 10.1. The van der Waals surface area contributed by atoms with Gasteiger partial charge < -0.3 is 15.2 Å². The molecule has 1 aromatic carbocycles. The average Bonchev–Trinajstić information content (AvgIpc) is 3.30. The number of fused-ring (bicyclic) bond motifs is 1. The summed E-state index contributed by atoms with van der Waals surface area (Å²) < 4.78 is 5.42. The van der Waals surface area contributed by atoms with Crippen molar-refractivity contribution >= 4 is 16.6 Å². The first-order valence-corrected chi connectivity index (χ1v) is 7.54. The lowest BCUT2D eigenvalue weighted by molar-refractivity contribution is 0.274. The van der Waals surface area contributed by atoms with Gasteiger partial charge in [-0.05, 0) is 44.2 Å². The van der Waals surface area contributed by atoms with E-state index in [0.29, 0.717) is 12.0 Å². The van der Waals surface area contributed by atoms with Crippen LogP contribution in [-0.4, -0.2) is 29.8 Å². The summed E-state index contributed by atoms with van der Waals surface area (Å²) in [6, 6.07) is 8.40. The Kier molecular flexibility index (Phi) is 3.97. The van der Waals surface area contributed by atoms with Gasteiger partial charge in [0.1, 0.15) is 11.3 Å². The third-order valence-electron chi connectivity index (χ3n) is 4.12. The van der Waals surface area contributed by atoms with Gasteiger partial charge >= 0.3 is 0 Å². The summed E-state index contributed by atoms with van der Waals surface area (Å²) in [4.78, 5) is 4.61. The van der Waals surface area contributed by atoms with E-state index in [1.165, 1.54) is 12.8 Å². The number of benzene rings is 1. The Morgan fingerprint density at radius 3 is 2.90 bits per heavy atom. The molecule has 1 aliphatic rings. The van der Waals surface area contributed by atoms with Gasteiger partial charge in [0.05, 0.1) is 7.11 Å². The number of para-hydroxylation sites is 1. The molecule has 1 atom stereocenters. The molecule has 112 valence electrons. The summed E-state index contributed by atoms with van der Waals surface area (Å²) in [7, 11) is 1.67. The maximum Gasteiger partial charge on any atom is 0.145 e. The summed E-state index contributed by atoms with van der Waals surface area (Å²) in [6.07, 6.45) is 3.30. The van der Waals surface area contributed by atoms with Crippen LogP contribution < -0.4 is 10.1 Å². The highest BCUT2D eigenvalue weighted by atomic mass is 16.5. The fraction of sp³-hybridized carbons (Fsp3) is 0.471. The van der Waals surface area contributed by atoms with E-state index in [4.69, 9.17) is 4.74 Å². The van der Waals surface area contributed by atoms with Crippen molar-refractivity contribution in [3.05, 3.63) is 30.0 Å². The number of methoxy groups -OCH3 is 1. The lowest BCUT2D eigenvalue weighted by Crippen LogP contribution is -2.23. The number of rotatable bonds is 6. The Bertz CT molecular complexity index is 638. The number of nitrogens with zero attached hydrogens (tertiary/aromatic N) is 1. The molecular formula is C17H22N2O2. The quantitative estimate of drug-likeness (QED) is 0.856. The molecule has 4 heteroatoms. The van der Waals surface area contributed by atoms with E-state index in [1.54, 1.807) is 7.11 Å². The Hall–Kier alpha value is -1.81. The smallest absolute Gasteiger partial charge is 0.145 e. The molecule has 4 nitrogen and oxygen atoms in total. The topological polar surface area (TPSA) is 54.4 Å². The minimum absolute atomic E-state index is 0.222. The zero-order valence-corrected chi connectivity index (χ0v) is 12.6. The zero-order chi connectivity index (χ0) is 14.8. The predicted octanol–water partition coefficient (Wildman–Crippen LogP) is 3.12. The van der Waals surface area contributed by atoms with Crippen LogP contribution in [0.5, 0.6) is 5.75 Å². The molecule has 1 aromatic heterocycles. The highest BCUT2D eigenvalue weighted by molar-refractivity contribution is 5.95. The second-order valence-corrected chi connectivity index (χ2v) is 5.77. The van der Waals surface area contributed by atoms with E-state index < -0.39 is 0 Å². The molecule has 2 aromatic rings. The predicted molar refractivity (Wildman–Crippen MR) is 84.9 cm³/mol. The summed E-state index contributed by atoms with van der Waals surface area (Å²) in [6.45, 7) is 2.22. The normalized spacial score (nSPS) is 16.0.